The number of aryl methyl sites for hydroxylation is 1. The average Bonchev–Trinajstić information content (AvgIpc) is 3.81. The minimum atomic E-state index is -1.03. The fourth-order valence-electron chi connectivity index (χ4n) is 6.67. The Morgan fingerprint density at radius 2 is 1.88 bits per heavy atom. The second kappa shape index (κ2) is 9.47. The van der Waals surface area contributed by atoms with Gasteiger partial charge in [-0.25, -0.2) is 9.78 Å². The molecule has 7 nitrogen and oxygen atoms in total. The molecule has 0 radical (unpaired) electrons. The number of nitrogens with zero attached hydrogens (tertiary/aromatic N) is 3. The predicted octanol–water partition coefficient (Wildman–Crippen LogP) is 7.10. The van der Waals surface area contributed by atoms with Crippen LogP contribution in [0.1, 0.15) is 65.4 Å². The Labute approximate surface area is 238 Å². The van der Waals surface area contributed by atoms with Gasteiger partial charge in [-0.15, -0.1) is 0 Å². The molecule has 3 heterocycles. The predicted molar refractivity (Wildman–Crippen MR) is 157 cm³/mol. The summed E-state index contributed by atoms with van der Waals surface area (Å²) in [4.78, 5) is 18.5. The number of hydrogen-bond donors (Lipinski definition) is 1. The molecule has 3 aliphatic carbocycles. The van der Waals surface area contributed by atoms with Crippen molar-refractivity contribution in [3.05, 3.63) is 77.2 Å². The van der Waals surface area contributed by atoms with E-state index in [1.807, 2.05) is 6.07 Å². The smallest absolute Gasteiger partial charge is 0.354 e. The molecular weight excluding hydrogens is 514 g/mol. The lowest BCUT2D eigenvalue weighted by molar-refractivity contribution is 0.0689. The van der Waals surface area contributed by atoms with Crippen LogP contribution >= 0.6 is 0 Å². The topological polar surface area (TPSA) is 88.7 Å². The highest BCUT2D eigenvalue weighted by Gasteiger charge is 2.54. The van der Waals surface area contributed by atoms with Gasteiger partial charge < -0.3 is 19.3 Å². The van der Waals surface area contributed by atoms with Crippen molar-refractivity contribution in [1.29, 1.82) is 0 Å². The van der Waals surface area contributed by atoms with Crippen molar-refractivity contribution in [3.63, 3.8) is 0 Å². The molecule has 2 unspecified atom stereocenters. The zero-order chi connectivity index (χ0) is 27.7. The van der Waals surface area contributed by atoms with Crippen LogP contribution in [0.15, 0.2) is 59.1 Å². The third kappa shape index (κ3) is 4.39. The van der Waals surface area contributed by atoms with Crippen molar-refractivity contribution in [2.75, 3.05) is 18.0 Å². The summed E-state index contributed by atoms with van der Waals surface area (Å²) in [7, 11) is 0. The fourth-order valence-corrected chi connectivity index (χ4v) is 6.67. The van der Waals surface area contributed by atoms with Crippen LogP contribution in [0.2, 0.25) is 0 Å². The minimum Gasteiger partial charge on any atom is -0.490 e. The van der Waals surface area contributed by atoms with Gasteiger partial charge in [0.2, 0.25) is 0 Å². The molecule has 0 bridgehead atoms. The number of allylic oxidation sites excluding steroid dienone is 1. The molecule has 2 atom stereocenters. The third-order valence-electron chi connectivity index (χ3n) is 9.53. The fraction of sp³-hybridized carbons (Fsp3) is 0.382. The maximum absolute atomic E-state index is 11.7. The SMILES string of the molecule is Cc1ccccc1-c1noc(C2CC2)c1/C=C/C1C2CN(c3ccc4nc(C(=O)O)cc(OC5CCC5)c4c3)CC12. The van der Waals surface area contributed by atoms with Crippen molar-refractivity contribution in [3.8, 4) is 17.0 Å². The molecule has 8 rings (SSSR count). The number of fused-ring (bicyclic) bond motifs is 2. The summed E-state index contributed by atoms with van der Waals surface area (Å²) in [5.74, 6) is 2.97. The first-order valence-electron chi connectivity index (χ1n) is 14.9. The highest BCUT2D eigenvalue weighted by atomic mass is 16.5. The molecule has 0 amide bonds. The van der Waals surface area contributed by atoms with Gasteiger partial charge in [-0.1, -0.05) is 41.6 Å². The monoisotopic (exact) mass is 547 g/mol. The first kappa shape index (κ1) is 24.6. The van der Waals surface area contributed by atoms with E-state index in [0.717, 1.165) is 66.0 Å². The van der Waals surface area contributed by atoms with E-state index in [4.69, 9.17) is 9.26 Å². The quantitative estimate of drug-likeness (QED) is 0.252. The number of pyridine rings is 1. The molecule has 41 heavy (non-hydrogen) atoms. The summed E-state index contributed by atoms with van der Waals surface area (Å²) >= 11 is 0. The van der Waals surface area contributed by atoms with E-state index in [2.05, 4.69) is 70.5 Å². The Hall–Kier alpha value is -4.13. The molecule has 4 fully saturated rings. The third-order valence-corrected chi connectivity index (χ3v) is 9.53. The molecule has 2 aromatic carbocycles. The molecule has 4 aromatic rings. The second-order valence-corrected chi connectivity index (χ2v) is 12.3. The van der Waals surface area contributed by atoms with E-state index in [-0.39, 0.29) is 11.8 Å². The van der Waals surface area contributed by atoms with Gasteiger partial charge in [0.05, 0.1) is 11.6 Å². The van der Waals surface area contributed by atoms with E-state index in [0.29, 0.717) is 34.9 Å². The largest absolute Gasteiger partial charge is 0.490 e. The summed E-state index contributed by atoms with van der Waals surface area (Å²) in [5, 5.41) is 15.0. The minimum absolute atomic E-state index is 0.0277. The van der Waals surface area contributed by atoms with Gasteiger partial charge in [0, 0.05) is 47.3 Å². The van der Waals surface area contributed by atoms with E-state index in [9.17, 15) is 9.90 Å². The number of rotatable bonds is 8. The Morgan fingerprint density at radius 1 is 1.07 bits per heavy atom. The summed E-state index contributed by atoms with van der Waals surface area (Å²) in [5.41, 5.74) is 6.31. The van der Waals surface area contributed by atoms with Crippen LogP contribution in [-0.2, 0) is 0 Å². The van der Waals surface area contributed by atoms with E-state index in [1.54, 1.807) is 6.07 Å². The molecule has 1 N–H and O–H groups in total. The van der Waals surface area contributed by atoms with Crippen LogP contribution in [0.4, 0.5) is 5.69 Å². The van der Waals surface area contributed by atoms with E-state index >= 15 is 0 Å². The lowest BCUT2D eigenvalue weighted by atomic mass is 9.96. The molecule has 7 heteroatoms. The Bertz CT molecular complexity index is 1690. The summed E-state index contributed by atoms with van der Waals surface area (Å²) in [6.45, 7) is 4.15. The number of hydrogen-bond acceptors (Lipinski definition) is 6. The van der Waals surface area contributed by atoms with Gasteiger partial charge in [0.1, 0.15) is 17.2 Å². The standard InChI is InChI=1S/C34H33N3O4/c1-19-5-2-3-8-23(19)32-25(33(41-36-32)20-9-10-20)13-12-24-27-17-37(18-28(24)27)21-11-14-29-26(15-21)31(40-22-6-4-7-22)16-30(35-29)34(38)39/h2-3,5,8,11-16,20,22,24,27-28H,4,6-7,9-10,17-18H2,1H3,(H,38,39)/b13-12+. The number of carbonyl (C=O) groups is 1. The first-order valence-corrected chi connectivity index (χ1v) is 14.9. The van der Waals surface area contributed by atoms with Crippen LogP contribution in [-0.4, -0.2) is 40.4 Å². The number of anilines is 1. The average molecular weight is 548 g/mol. The number of aromatic carboxylic acids is 1. The van der Waals surface area contributed by atoms with Gasteiger partial charge in [-0.3, -0.25) is 0 Å². The highest BCUT2D eigenvalue weighted by Crippen LogP contribution is 2.54. The maximum atomic E-state index is 11.7. The number of benzene rings is 2. The molecule has 1 saturated heterocycles. The molecule has 208 valence electrons. The Balaban J connectivity index is 1.01. The van der Waals surface area contributed by atoms with Crippen molar-refractivity contribution >= 4 is 28.6 Å². The van der Waals surface area contributed by atoms with Gasteiger partial charge >= 0.3 is 5.97 Å². The maximum Gasteiger partial charge on any atom is 0.354 e. The Kier molecular flexibility index (Phi) is 5.69. The van der Waals surface area contributed by atoms with Crippen LogP contribution in [0.5, 0.6) is 5.75 Å². The lowest BCUT2D eigenvalue weighted by Gasteiger charge is -2.27. The number of carboxylic acid groups (broad SMARTS) is 1. The van der Waals surface area contributed by atoms with E-state index in [1.165, 1.54) is 18.4 Å². The molecule has 0 spiro atoms. The molecule has 4 aliphatic rings. The Morgan fingerprint density at radius 3 is 2.59 bits per heavy atom. The second-order valence-electron chi connectivity index (χ2n) is 12.3. The van der Waals surface area contributed by atoms with E-state index < -0.39 is 5.97 Å². The van der Waals surface area contributed by atoms with Crippen LogP contribution in [0.3, 0.4) is 0 Å². The van der Waals surface area contributed by atoms with Gasteiger partial charge in [-0.05, 0) is 80.5 Å². The normalized spacial score (nSPS) is 23.6. The van der Waals surface area contributed by atoms with Gasteiger partial charge in [0.25, 0.3) is 0 Å². The lowest BCUT2D eigenvalue weighted by Crippen LogP contribution is -2.25. The van der Waals surface area contributed by atoms with Crippen molar-refractivity contribution in [1.82, 2.24) is 10.1 Å². The number of carboxylic acids is 1. The van der Waals surface area contributed by atoms with Crippen molar-refractivity contribution in [2.24, 2.45) is 17.8 Å². The number of piperidine rings is 1. The molecule has 1 aliphatic heterocycles. The van der Waals surface area contributed by atoms with Crippen LogP contribution in [0.25, 0.3) is 28.2 Å². The zero-order valence-electron chi connectivity index (χ0n) is 23.1. The summed E-state index contributed by atoms with van der Waals surface area (Å²) in [6.07, 6.45) is 10.4. The zero-order valence-corrected chi connectivity index (χ0v) is 23.1. The summed E-state index contributed by atoms with van der Waals surface area (Å²) in [6, 6.07) is 16.1. The molecular formula is C34H33N3O4. The number of ether oxygens (including phenoxy) is 1. The molecule has 3 saturated carbocycles. The number of aromatic nitrogens is 2. The summed E-state index contributed by atoms with van der Waals surface area (Å²) < 4.78 is 12.1. The van der Waals surface area contributed by atoms with Crippen LogP contribution in [0, 0.1) is 24.7 Å². The highest BCUT2D eigenvalue weighted by molar-refractivity contribution is 5.94. The molecule has 2 aromatic heterocycles. The first-order chi connectivity index (χ1) is 20.0. The van der Waals surface area contributed by atoms with Crippen molar-refractivity contribution < 1.29 is 19.2 Å². The van der Waals surface area contributed by atoms with Crippen LogP contribution < -0.4 is 9.64 Å². The van der Waals surface area contributed by atoms with Gasteiger partial charge in [-0.2, -0.15) is 0 Å². The van der Waals surface area contributed by atoms with Crippen molar-refractivity contribution in [2.45, 2.75) is 51.0 Å². The van der Waals surface area contributed by atoms with Gasteiger partial charge in [0.15, 0.2) is 5.69 Å².